The highest BCUT2D eigenvalue weighted by molar-refractivity contribution is 7.92. The summed E-state index contributed by atoms with van der Waals surface area (Å²) in [6.45, 7) is -0.118. The number of carbonyl (C=O) groups excluding carboxylic acids is 1. The molecule has 12 heteroatoms. The molecule has 0 aliphatic rings. The molecule has 0 spiro atoms. The van der Waals surface area contributed by atoms with Crippen LogP contribution >= 0.6 is 23.2 Å². The number of sulfonamides is 1. The quantitative estimate of drug-likeness (QED) is 0.400. The minimum Gasteiger partial charge on any atom is -0.482 e. The lowest BCUT2D eigenvalue weighted by Gasteiger charge is -2.13. The fraction of sp³-hybridized carbons (Fsp3) is 0.136. The van der Waals surface area contributed by atoms with Crippen LogP contribution in [0.15, 0.2) is 71.6 Å². The van der Waals surface area contributed by atoms with Gasteiger partial charge >= 0.3 is 6.18 Å². The van der Waals surface area contributed by atoms with Crippen molar-refractivity contribution in [3.63, 3.8) is 0 Å². The van der Waals surface area contributed by atoms with E-state index in [9.17, 15) is 26.4 Å². The first-order chi connectivity index (χ1) is 15.9. The monoisotopic (exact) mass is 532 g/mol. The molecule has 180 valence electrons. The smallest absolute Gasteiger partial charge is 0.416 e. The number of hydrogen-bond donors (Lipinski definition) is 2. The van der Waals surface area contributed by atoms with Crippen molar-refractivity contribution in [2.45, 2.75) is 17.6 Å². The highest BCUT2D eigenvalue weighted by atomic mass is 35.5. The largest absolute Gasteiger partial charge is 0.482 e. The molecule has 3 aromatic carbocycles. The SMILES string of the molecule is O=C(COc1ccc(S(=O)(=O)Nc2cccc(C(F)(F)F)c2)cc1Cl)NCc1ccc(Cl)cc1. The van der Waals surface area contributed by atoms with Crippen LogP contribution in [-0.2, 0) is 27.5 Å². The first kappa shape index (κ1) is 25.7. The molecule has 0 aliphatic carbocycles. The van der Waals surface area contributed by atoms with Gasteiger partial charge in [-0.05, 0) is 54.1 Å². The van der Waals surface area contributed by atoms with Gasteiger partial charge in [0.05, 0.1) is 15.5 Å². The van der Waals surface area contributed by atoms with E-state index in [-0.39, 0.29) is 34.5 Å². The van der Waals surface area contributed by atoms with Crippen molar-refractivity contribution in [3.8, 4) is 5.75 Å². The summed E-state index contributed by atoms with van der Waals surface area (Å²) in [5.41, 5.74) is -0.425. The van der Waals surface area contributed by atoms with Gasteiger partial charge in [-0.15, -0.1) is 0 Å². The van der Waals surface area contributed by atoms with Crippen LogP contribution in [0.4, 0.5) is 18.9 Å². The van der Waals surface area contributed by atoms with E-state index >= 15 is 0 Å². The number of amides is 1. The Bertz CT molecular complexity index is 1280. The number of anilines is 1. The molecule has 0 saturated heterocycles. The lowest BCUT2D eigenvalue weighted by molar-refractivity contribution is -0.137. The van der Waals surface area contributed by atoms with E-state index < -0.39 is 27.7 Å². The first-order valence-electron chi connectivity index (χ1n) is 9.57. The zero-order valence-electron chi connectivity index (χ0n) is 17.2. The lowest BCUT2D eigenvalue weighted by Crippen LogP contribution is -2.28. The average Bonchev–Trinajstić information content (AvgIpc) is 2.77. The van der Waals surface area contributed by atoms with Crippen LogP contribution in [0.1, 0.15) is 11.1 Å². The predicted octanol–water partition coefficient (Wildman–Crippen LogP) is 5.51. The van der Waals surface area contributed by atoms with E-state index in [0.717, 1.165) is 29.8 Å². The Morgan fingerprint density at radius 3 is 2.32 bits per heavy atom. The Hall–Kier alpha value is -2.95. The topological polar surface area (TPSA) is 84.5 Å². The van der Waals surface area contributed by atoms with E-state index in [4.69, 9.17) is 27.9 Å². The maximum Gasteiger partial charge on any atom is 0.416 e. The van der Waals surface area contributed by atoms with Crippen molar-refractivity contribution in [1.29, 1.82) is 0 Å². The molecule has 3 aromatic rings. The molecule has 0 atom stereocenters. The Labute approximate surface area is 203 Å². The molecule has 0 radical (unpaired) electrons. The Kier molecular flexibility index (Phi) is 7.96. The van der Waals surface area contributed by atoms with Gasteiger partial charge in [-0.3, -0.25) is 9.52 Å². The fourth-order valence-corrected chi connectivity index (χ4v) is 4.24. The molecule has 0 unspecified atom stereocenters. The van der Waals surface area contributed by atoms with Gasteiger partial charge in [-0.1, -0.05) is 41.4 Å². The summed E-state index contributed by atoms with van der Waals surface area (Å²) in [5, 5.41) is 3.12. The maximum atomic E-state index is 12.9. The van der Waals surface area contributed by atoms with E-state index in [2.05, 4.69) is 10.0 Å². The van der Waals surface area contributed by atoms with Gasteiger partial charge in [0.25, 0.3) is 15.9 Å². The Morgan fingerprint density at radius 2 is 1.68 bits per heavy atom. The third-order valence-corrected chi connectivity index (χ3v) is 6.34. The summed E-state index contributed by atoms with van der Waals surface area (Å²) in [6, 6.07) is 14.1. The summed E-state index contributed by atoms with van der Waals surface area (Å²) in [4.78, 5) is 11.7. The van der Waals surface area contributed by atoms with Crippen molar-refractivity contribution in [1.82, 2.24) is 5.32 Å². The summed E-state index contributed by atoms with van der Waals surface area (Å²) in [5.74, 6) is -0.379. The van der Waals surface area contributed by atoms with Gasteiger partial charge < -0.3 is 10.1 Å². The molecule has 1 amide bonds. The number of rotatable bonds is 8. The average molecular weight is 533 g/mol. The molecule has 6 nitrogen and oxygen atoms in total. The minimum atomic E-state index is -4.62. The number of ether oxygens (including phenoxy) is 1. The van der Waals surface area contributed by atoms with Gasteiger partial charge in [0, 0.05) is 17.3 Å². The second-order valence-corrected chi connectivity index (χ2v) is 9.49. The van der Waals surface area contributed by atoms with Crippen LogP contribution in [-0.4, -0.2) is 20.9 Å². The van der Waals surface area contributed by atoms with Crippen LogP contribution in [0.3, 0.4) is 0 Å². The second kappa shape index (κ2) is 10.5. The molecule has 0 bridgehead atoms. The van der Waals surface area contributed by atoms with Crippen molar-refractivity contribution in [3.05, 3.63) is 87.9 Å². The number of nitrogens with one attached hydrogen (secondary N) is 2. The third kappa shape index (κ3) is 7.02. The molecule has 3 rings (SSSR count). The number of alkyl halides is 3. The van der Waals surface area contributed by atoms with E-state index in [0.29, 0.717) is 11.1 Å². The number of hydrogen-bond acceptors (Lipinski definition) is 4. The third-order valence-electron chi connectivity index (χ3n) is 4.42. The lowest BCUT2D eigenvalue weighted by atomic mass is 10.2. The van der Waals surface area contributed by atoms with Gasteiger partial charge in [-0.2, -0.15) is 13.2 Å². The van der Waals surface area contributed by atoms with E-state index in [1.807, 2.05) is 0 Å². The van der Waals surface area contributed by atoms with Gasteiger partial charge in [0.15, 0.2) is 6.61 Å². The molecular weight excluding hydrogens is 516 g/mol. The van der Waals surface area contributed by atoms with Crippen molar-refractivity contribution in [2.75, 3.05) is 11.3 Å². The summed E-state index contributed by atoms with van der Waals surface area (Å²) in [6.07, 6.45) is -4.62. The standard InChI is InChI=1S/C22H17Cl2F3N2O4S/c23-16-6-4-14(5-7-16)12-28-21(30)13-33-20-9-8-18(11-19(20)24)34(31,32)29-17-3-1-2-15(10-17)22(25,26)27/h1-11,29H,12-13H2,(H,28,30). The van der Waals surface area contributed by atoms with Crippen LogP contribution in [0.5, 0.6) is 5.75 Å². The molecular formula is C22H17Cl2F3N2O4S. The molecule has 2 N–H and O–H groups in total. The van der Waals surface area contributed by atoms with E-state index in [1.54, 1.807) is 24.3 Å². The highest BCUT2D eigenvalue weighted by Gasteiger charge is 2.30. The normalized spacial score (nSPS) is 11.7. The zero-order valence-corrected chi connectivity index (χ0v) is 19.5. The van der Waals surface area contributed by atoms with E-state index in [1.165, 1.54) is 12.1 Å². The predicted molar refractivity (Wildman–Crippen MR) is 122 cm³/mol. The molecule has 0 heterocycles. The van der Waals surface area contributed by atoms with Crippen molar-refractivity contribution >= 4 is 44.8 Å². The fourth-order valence-electron chi connectivity index (χ4n) is 2.74. The van der Waals surface area contributed by atoms with Crippen LogP contribution in [0.25, 0.3) is 0 Å². The number of benzene rings is 3. The van der Waals surface area contributed by atoms with Crippen LogP contribution < -0.4 is 14.8 Å². The molecule has 0 fully saturated rings. The van der Waals surface area contributed by atoms with Gasteiger partial charge in [-0.25, -0.2) is 8.42 Å². The van der Waals surface area contributed by atoms with Gasteiger partial charge in [0.2, 0.25) is 0 Å². The van der Waals surface area contributed by atoms with Crippen molar-refractivity contribution in [2.24, 2.45) is 0 Å². The molecule has 34 heavy (non-hydrogen) atoms. The maximum absolute atomic E-state index is 12.9. The Morgan fingerprint density at radius 1 is 0.971 bits per heavy atom. The minimum absolute atomic E-state index is 0.0568. The number of carbonyl (C=O) groups is 1. The first-order valence-corrected chi connectivity index (χ1v) is 11.8. The molecule has 0 saturated carbocycles. The Balaban J connectivity index is 1.61. The van der Waals surface area contributed by atoms with Crippen LogP contribution in [0.2, 0.25) is 10.0 Å². The van der Waals surface area contributed by atoms with Crippen LogP contribution in [0, 0.1) is 0 Å². The molecule has 0 aliphatic heterocycles. The molecule has 0 aromatic heterocycles. The van der Waals surface area contributed by atoms with Crippen molar-refractivity contribution < 1.29 is 31.1 Å². The summed E-state index contributed by atoms with van der Waals surface area (Å²) < 4.78 is 71.1. The summed E-state index contributed by atoms with van der Waals surface area (Å²) in [7, 11) is -4.23. The van der Waals surface area contributed by atoms with Gasteiger partial charge in [0.1, 0.15) is 5.75 Å². The summed E-state index contributed by atoms with van der Waals surface area (Å²) >= 11 is 11.9. The number of halogens is 5. The second-order valence-electron chi connectivity index (χ2n) is 6.97. The zero-order chi connectivity index (χ0) is 24.9. The highest BCUT2D eigenvalue weighted by Crippen LogP contribution is 2.32.